The molecular formula is C12H22N2O. The van der Waals surface area contributed by atoms with Crippen LogP contribution in [0, 0.1) is 5.92 Å². The van der Waals surface area contributed by atoms with E-state index in [2.05, 4.69) is 13.5 Å². The molecule has 3 heteroatoms. The third-order valence-electron chi connectivity index (χ3n) is 3.21. The smallest absolute Gasteiger partial charge is 0.242 e. The molecule has 2 unspecified atom stereocenters. The zero-order chi connectivity index (χ0) is 11.5. The van der Waals surface area contributed by atoms with Gasteiger partial charge in [-0.3, -0.25) is 4.79 Å². The Kier molecular flexibility index (Phi) is 3.91. The van der Waals surface area contributed by atoms with E-state index in [1.807, 2.05) is 0 Å². The molecule has 0 aliphatic heterocycles. The van der Waals surface area contributed by atoms with Gasteiger partial charge in [-0.15, -0.1) is 6.58 Å². The zero-order valence-corrected chi connectivity index (χ0v) is 9.83. The lowest BCUT2D eigenvalue weighted by Gasteiger charge is -2.37. The summed E-state index contributed by atoms with van der Waals surface area (Å²) in [7, 11) is 1.79. The molecule has 1 aliphatic carbocycles. The van der Waals surface area contributed by atoms with Gasteiger partial charge in [0, 0.05) is 13.6 Å². The van der Waals surface area contributed by atoms with E-state index in [-0.39, 0.29) is 5.91 Å². The van der Waals surface area contributed by atoms with Crippen molar-refractivity contribution in [3.63, 3.8) is 0 Å². The molecule has 15 heavy (non-hydrogen) atoms. The van der Waals surface area contributed by atoms with Crippen molar-refractivity contribution < 1.29 is 4.79 Å². The summed E-state index contributed by atoms with van der Waals surface area (Å²) in [6.07, 6.45) is 5.61. The number of carbonyl (C=O) groups excluding carboxylic acids is 1. The summed E-state index contributed by atoms with van der Waals surface area (Å²) in [6, 6.07) is 0. The second-order valence-electron chi connectivity index (χ2n) is 4.83. The molecule has 86 valence electrons. The van der Waals surface area contributed by atoms with Crippen LogP contribution in [-0.4, -0.2) is 29.9 Å². The lowest BCUT2D eigenvalue weighted by molar-refractivity contribution is -0.136. The number of nitrogens with zero attached hydrogens (tertiary/aromatic N) is 1. The van der Waals surface area contributed by atoms with Gasteiger partial charge in [-0.1, -0.05) is 25.8 Å². The summed E-state index contributed by atoms with van der Waals surface area (Å²) < 4.78 is 0. The predicted molar refractivity (Wildman–Crippen MR) is 62.4 cm³/mol. The molecule has 1 fully saturated rings. The Morgan fingerprint density at radius 3 is 2.93 bits per heavy atom. The van der Waals surface area contributed by atoms with Crippen molar-refractivity contribution in [2.24, 2.45) is 11.7 Å². The maximum Gasteiger partial charge on any atom is 0.242 e. The first-order chi connectivity index (χ1) is 6.99. The molecule has 0 radical (unpaired) electrons. The zero-order valence-electron chi connectivity index (χ0n) is 9.83. The lowest BCUT2D eigenvalue weighted by Crippen LogP contribution is -2.56. The highest BCUT2D eigenvalue weighted by atomic mass is 16.2. The number of hydrogen-bond acceptors (Lipinski definition) is 2. The Hall–Kier alpha value is -0.830. The molecule has 0 aromatic carbocycles. The highest BCUT2D eigenvalue weighted by Gasteiger charge is 2.39. The Morgan fingerprint density at radius 1 is 1.73 bits per heavy atom. The minimum absolute atomic E-state index is 0.0638. The highest BCUT2D eigenvalue weighted by molar-refractivity contribution is 5.86. The molecule has 2 atom stereocenters. The van der Waals surface area contributed by atoms with E-state index in [1.54, 1.807) is 18.0 Å². The van der Waals surface area contributed by atoms with Gasteiger partial charge in [0.25, 0.3) is 0 Å². The van der Waals surface area contributed by atoms with Gasteiger partial charge in [0.15, 0.2) is 0 Å². The van der Waals surface area contributed by atoms with Crippen molar-refractivity contribution >= 4 is 5.91 Å². The first kappa shape index (κ1) is 12.2. The van der Waals surface area contributed by atoms with Crippen LogP contribution >= 0.6 is 0 Å². The van der Waals surface area contributed by atoms with Crippen LogP contribution in [-0.2, 0) is 4.79 Å². The van der Waals surface area contributed by atoms with E-state index in [1.165, 1.54) is 6.42 Å². The van der Waals surface area contributed by atoms with Crippen LogP contribution < -0.4 is 5.73 Å². The van der Waals surface area contributed by atoms with Crippen LogP contribution in [0.25, 0.3) is 0 Å². The average molecular weight is 210 g/mol. The van der Waals surface area contributed by atoms with Gasteiger partial charge in [0.05, 0.1) is 5.54 Å². The van der Waals surface area contributed by atoms with E-state index in [4.69, 9.17) is 5.73 Å². The maximum absolute atomic E-state index is 12.1. The molecule has 0 spiro atoms. The predicted octanol–water partition coefficient (Wildman–Crippen LogP) is 1.54. The standard InChI is InChI=1S/C12H22N2O/c1-4-8-14(3)11(15)12(13)7-5-6-10(2)9-12/h4,10H,1,5-9,13H2,2-3H3. The molecule has 0 heterocycles. The summed E-state index contributed by atoms with van der Waals surface area (Å²) >= 11 is 0. The van der Waals surface area contributed by atoms with Gasteiger partial charge in [-0.25, -0.2) is 0 Å². The van der Waals surface area contributed by atoms with E-state index >= 15 is 0 Å². The Bertz CT molecular complexity index is 252. The second-order valence-corrected chi connectivity index (χ2v) is 4.83. The minimum atomic E-state index is -0.630. The third-order valence-corrected chi connectivity index (χ3v) is 3.21. The van der Waals surface area contributed by atoms with Crippen molar-refractivity contribution in [3.8, 4) is 0 Å². The number of amides is 1. The largest absolute Gasteiger partial charge is 0.340 e. The number of hydrogen-bond donors (Lipinski definition) is 1. The Labute approximate surface area is 92.3 Å². The van der Waals surface area contributed by atoms with Crippen LogP contribution in [0.1, 0.15) is 32.6 Å². The van der Waals surface area contributed by atoms with Crippen molar-refractivity contribution in [3.05, 3.63) is 12.7 Å². The maximum atomic E-state index is 12.1. The van der Waals surface area contributed by atoms with Crippen molar-refractivity contribution in [2.45, 2.75) is 38.1 Å². The van der Waals surface area contributed by atoms with Gasteiger partial charge in [0.1, 0.15) is 0 Å². The van der Waals surface area contributed by atoms with Crippen molar-refractivity contribution in [1.29, 1.82) is 0 Å². The first-order valence-corrected chi connectivity index (χ1v) is 5.65. The molecule has 1 amide bonds. The van der Waals surface area contributed by atoms with Crippen LogP contribution in [0.2, 0.25) is 0 Å². The van der Waals surface area contributed by atoms with Crippen LogP contribution in [0.3, 0.4) is 0 Å². The van der Waals surface area contributed by atoms with E-state index in [0.29, 0.717) is 12.5 Å². The summed E-state index contributed by atoms with van der Waals surface area (Å²) in [5.41, 5.74) is 5.57. The van der Waals surface area contributed by atoms with Crippen LogP contribution in [0.5, 0.6) is 0 Å². The fourth-order valence-corrected chi connectivity index (χ4v) is 2.44. The van der Waals surface area contributed by atoms with Gasteiger partial charge in [-0.05, 0) is 18.8 Å². The fraction of sp³-hybridized carbons (Fsp3) is 0.750. The van der Waals surface area contributed by atoms with Gasteiger partial charge < -0.3 is 10.6 Å². The SMILES string of the molecule is C=CCN(C)C(=O)C1(N)CCCC(C)C1. The van der Waals surface area contributed by atoms with Crippen LogP contribution in [0.15, 0.2) is 12.7 Å². The number of likely N-dealkylation sites (N-methyl/N-ethyl adjacent to an activating group) is 1. The van der Waals surface area contributed by atoms with Gasteiger partial charge >= 0.3 is 0 Å². The monoisotopic (exact) mass is 210 g/mol. The number of nitrogens with two attached hydrogens (primary N) is 1. The van der Waals surface area contributed by atoms with Crippen molar-refractivity contribution in [1.82, 2.24) is 4.90 Å². The van der Waals surface area contributed by atoms with Gasteiger partial charge in [0.2, 0.25) is 5.91 Å². The number of carbonyl (C=O) groups is 1. The third kappa shape index (κ3) is 2.81. The second kappa shape index (κ2) is 4.79. The molecular weight excluding hydrogens is 188 g/mol. The molecule has 0 saturated heterocycles. The first-order valence-electron chi connectivity index (χ1n) is 5.65. The topological polar surface area (TPSA) is 46.3 Å². The van der Waals surface area contributed by atoms with Crippen molar-refractivity contribution in [2.75, 3.05) is 13.6 Å². The summed E-state index contributed by atoms with van der Waals surface area (Å²) in [4.78, 5) is 13.8. The molecule has 1 rings (SSSR count). The van der Waals surface area contributed by atoms with Gasteiger partial charge in [-0.2, -0.15) is 0 Å². The highest BCUT2D eigenvalue weighted by Crippen LogP contribution is 2.31. The average Bonchev–Trinajstić information content (AvgIpc) is 2.16. The fourth-order valence-electron chi connectivity index (χ4n) is 2.44. The lowest BCUT2D eigenvalue weighted by atomic mass is 9.76. The molecule has 2 N–H and O–H groups in total. The molecule has 1 aliphatic rings. The number of rotatable bonds is 3. The van der Waals surface area contributed by atoms with Crippen LogP contribution in [0.4, 0.5) is 0 Å². The summed E-state index contributed by atoms with van der Waals surface area (Å²) in [5.74, 6) is 0.624. The molecule has 1 saturated carbocycles. The Balaban J connectivity index is 2.67. The minimum Gasteiger partial charge on any atom is -0.340 e. The summed E-state index contributed by atoms with van der Waals surface area (Å²) in [6.45, 7) is 6.37. The van der Waals surface area contributed by atoms with E-state index in [0.717, 1.165) is 19.3 Å². The molecule has 0 bridgehead atoms. The molecule has 3 nitrogen and oxygen atoms in total. The molecule has 0 aromatic rings. The molecule has 0 aromatic heterocycles. The summed E-state index contributed by atoms with van der Waals surface area (Å²) in [5, 5.41) is 0. The Morgan fingerprint density at radius 2 is 2.40 bits per heavy atom. The van der Waals surface area contributed by atoms with E-state index < -0.39 is 5.54 Å². The van der Waals surface area contributed by atoms with E-state index in [9.17, 15) is 4.79 Å². The quantitative estimate of drug-likeness (QED) is 0.718. The normalized spacial score (nSPS) is 31.0.